The Morgan fingerprint density at radius 1 is 0.810 bits per heavy atom. The summed E-state index contributed by atoms with van der Waals surface area (Å²) in [5, 5.41) is 3.42. The van der Waals surface area contributed by atoms with Gasteiger partial charge in [-0.25, -0.2) is 14.6 Å². The molecule has 0 radical (unpaired) electrons. The maximum atomic E-state index is 13.4. The lowest BCUT2D eigenvalue weighted by atomic mass is 9.91. The average molecular weight is 598 g/mol. The highest BCUT2D eigenvalue weighted by molar-refractivity contribution is 6.08. The second kappa shape index (κ2) is 17.6. The van der Waals surface area contributed by atoms with E-state index in [9.17, 15) is 28.0 Å². The lowest BCUT2D eigenvalue weighted by molar-refractivity contribution is -0.671. The van der Waals surface area contributed by atoms with Gasteiger partial charge in [-0.05, 0) is 19.9 Å². The average Bonchev–Trinajstić information content (AvgIpc) is 2.96. The highest BCUT2D eigenvalue weighted by Crippen LogP contribution is 2.38. The molecule has 0 aliphatic heterocycles. The van der Waals surface area contributed by atoms with Crippen LogP contribution < -0.4 is 15.4 Å². The van der Waals surface area contributed by atoms with Gasteiger partial charge in [0, 0.05) is 11.1 Å². The van der Waals surface area contributed by atoms with E-state index in [2.05, 4.69) is 4.98 Å². The van der Waals surface area contributed by atoms with Crippen LogP contribution in [0.5, 0.6) is 5.75 Å². The van der Waals surface area contributed by atoms with Crippen LogP contribution in [0.15, 0.2) is 24.3 Å². The lowest BCUT2D eigenvalue weighted by Gasteiger charge is -2.20. The summed E-state index contributed by atoms with van der Waals surface area (Å²) in [7, 11) is 2.27. The van der Waals surface area contributed by atoms with Crippen LogP contribution >= 0.6 is 0 Å². The van der Waals surface area contributed by atoms with Crippen LogP contribution in [0.4, 0.5) is 8.78 Å². The molecule has 0 spiro atoms. The van der Waals surface area contributed by atoms with Gasteiger partial charge in [-0.3, -0.25) is 9.59 Å². The van der Waals surface area contributed by atoms with E-state index in [-0.39, 0.29) is 78.5 Å². The maximum absolute atomic E-state index is 13.4. The number of ether oxygens (including phenoxy) is 5. The molecule has 0 aliphatic rings. The Morgan fingerprint density at radius 3 is 1.71 bits per heavy atom. The molecule has 1 heterocycles. The zero-order valence-corrected chi connectivity index (χ0v) is 24.1. The number of para-hydroxylation sites is 1. The first-order valence-electron chi connectivity index (χ1n) is 13.4. The van der Waals surface area contributed by atoms with Crippen molar-refractivity contribution in [2.75, 3.05) is 40.5 Å². The minimum Gasteiger partial charge on any atom is -0.466 e. The molecule has 42 heavy (non-hydrogen) atoms. The van der Waals surface area contributed by atoms with Gasteiger partial charge in [0.15, 0.2) is 0 Å². The SMILES string of the molecule is CCOC(=O)CC[NH2+]Cc1nc(C[NH2+]CCC(=O)OCC)c(C(=O)OC)c(-c2ccccc2OC(F)F)c1C(=O)OC. The van der Waals surface area contributed by atoms with Crippen LogP contribution in [0, 0.1) is 0 Å². The van der Waals surface area contributed by atoms with Crippen LogP contribution in [0.2, 0.25) is 0 Å². The number of carbonyl (C=O) groups excluding carboxylic acids is 4. The number of pyridine rings is 1. The normalized spacial score (nSPS) is 10.7. The number of hydrogen-bond acceptors (Lipinski definition) is 10. The van der Waals surface area contributed by atoms with Crippen molar-refractivity contribution in [3.05, 3.63) is 46.8 Å². The maximum Gasteiger partial charge on any atom is 0.387 e. The Hall–Kier alpha value is -4.17. The predicted molar refractivity (Wildman–Crippen MR) is 142 cm³/mol. The number of nitrogens with two attached hydrogens (primary N) is 2. The second-order valence-corrected chi connectivity index (χ2v) is 8.66. The number of hydrogen-bond donors (Lipinski definition) is 2. The van der Waals surface area contributed by atoms with E-state index in [1.165, 1.54) is 24.3 Å². The van der Waals surface area contributed by atoms with Crippen molar-refractivity contribution < 1.29 is 62.3 Å². The van der Waals surface area contributed by atoms with E-state index in [1.54, 1.807) is 24.5 Å². The first-order valence-corrected chi connectivity index (χ1v) is 13.4. The van der Waals surface area contributed by atoms with Gasteiger partial charge in [-0.15, -0.1) is 0 Å². The van der Waals surface area contributed by atoms with Gasteiger partial charge in [0.05, 0.1) is 64.5 Å². The molecule has 12 nitrogen and oxygen atoms in total. The smallest absolute Gasteiger partial charge is 0.387 e. The molecule has 2 aromatic rings. The largest absolute Gasteiger partial charge is 0.466 e. The van der Waals surface area contributed by atoms with Crippen molar-refractivity contribution >= 4 is 23.9 Å². The summed E-state index contributed by atoms with van der Waals surface area (Å²) >= 11 is 0. The van der Waals surface area contributed by atoms with Crippen molar-refractivity contribution in [3.63, 3.8) is 0 Å². The molecule has 0 bridgehead atoms. The van der Waals surface area contributed by atoms with Crippen molar-refractivity contribution in [2.24, 2.45) is 0 Å². The van der Waals surface area contributed by atoms with Gasteiger partial charge in [-0.2, -0.15) is 8.78 Å². The van der Waals surface area contributed by atoms with E-state index in [4.69, 9.17) is 23.7 Å². The van der Waals surface area contributed by atoms with Crippen molar-refractivity contribution in [3.8, 4) is 16.9 Å². The third-order valence-electron chi connectivity index (χ3n) is 5.89. The number of benzene rings is 1. The monoisotopic (exact) mass is 597 g/mol. The first-order chi connectivity index (χ1) is 20.2. The Labute approximate surface area is 242 Å². The molecule has 0 aliphatic carbocycles. The summed E-state index contributed by atoms with van der Waals surface area (Å²) in [6.45, 7) is 1.38. The third-order valence-corrected chi connectivity index (χ3v) is 5.89. The van der Waals surface area contributed by atoms with Gasteiger partial charge in [0.1, 0.15) is 30.2 Å². The molecule has 0 saturated carbocycles. The topological polar surface area (TPSA) is 161 Å². The van der Waals surface area contributed by atoms with Crippen molar-refractivity contribution in [2.45, 2.75) is 46.4 Å². The number of carbonyl (C=O) groups is 4. The molecule has 0 fully saturated rings. The van der Waals surface area contributed by atoms with E-state index >= 15 is 0 Å². The van der Waals surface area contributed by atoms with Crippen LogP contribution in [-0.4, -0.2) is 76.0 Å². The molecule has 0 unspecified atom stereocenters. The zero-order chi connectivity index (χ0) is 31.1. The number of aromatic nitrogens is 1. The highest BCUT2D eigenvalue weighted by atomic mass is 19.3. The second-order valence-electron chi connectivity index (χ2n) is 8.66. The summed E-state index contributed by atoms with van der Waals surface area (Å²) in [5.74, 6) is -2.83. The standard InChI is InChI=1S/C28H35F2N3O9/c1-5-40-21(34)11-13-31-15-18-24(26(36)38-3)23(17-9-7-8-10-20(17)42-28(29)30)25(27(37)39-4)19(33-18)16-32-14-12-22(35)41-6-2/h7-10,28,31-32H,5-6,11-16H2,1-4H3/p+2. The van der Waals surface area contributed by atoms with Gasteiger partial charge in [-0.1, -0.05) is 18.2 Å². The Kier molecular flexibility index (Phi) is 14.3. The van der Waals surface area contributed by atoms with Crippen LogP contribution in [0.1, 0.15) is 58.8 Å². The third kappa shape index (κ3) is 9.73. The summed E-state index contributed by atoms with van der Waals surface area (Å²) in [4.78, 5) is 54.6. The minimum atomic E-state index is -3.19. The Bertz CT molecular complexity index is 1180. The molecule has 0 atom stereocenters. The summed E-state index contributed by atoms with van der Waals surface area (Å²) in [6, 6.07) is 5.70. The molecule has 4 N–H and O–H groups in total. The highest BCUT2D eigenvalue weighted by Gasteiger charge is 2.32. The first kappa shape index (κ1) is 34.0. The summed E-state index contributed by atoms with van der Waals surface area (Å²) < 4.78 is 51.4. The fourth-order valence-electron chi connectivity index (χ4n) is 4.15. The molecular weight excluding hydrogens is 560 g/mol. The number of nitrogens with zero attached hydrogens (tertiary/aromatic N) is 1. The number of quaternary nitrogens is 2. The molecular formula is C28H37F2N3O9+2. The van der Waals surface area contributed by atoms with Gasteiger partial charge in [0.25, 0.3) is 0 Å². The molecule has 230 valence electrons. The van der Waals surface area contributed by atoms with Gasteiger partial charge in [0.2, 0.25) is 0 Å². The Balaban J connectivity index is 2.71. The van der Waals surface area contributed by atoms with Crippen molar-refractivity contribution in [1.29, 1.82) is 0 Å². The van der Waals surface area contributed by atoms with Crippen LogP contribution in [-0.2, 0) is 41.6 Å². The van der Waals surface area contributed by atoms with Gasteiger partial charge >= 0.3 is 30.5 Å². The number of halogens is 2. The Morgan fingerprint density at radius 2 is 1.29 bits per heavy atom. The molecule has 14 heteroatoms. The van der Waals surface area contributed by atoms with E-state index < -0.39 is 30.5 Å². The summed E-state index contributed by atoms with van der Waals surface area (Å²) in [6.07, 6.45) is 0.183. The molecule has 2 rings (SSSR count). The number of rotatable bonds is 17. The van der Waals surface area contributed by atoms with E-state index in [0.717, 1.165) is 14.2 Å². The number of esters is 4. The quantitative estimate of drug-likeness (QED) is 0.153. The van der Waals surface area contributed by atoms with Crippen LogP contribution in [0.25, 0.3) is 11.1 Å². The molecule has 0 amide bonds. The van der Waals surface area contributed by atoms with E-state index in [1.807, 2.05) is 0 Å². The lowest BCUT2D eigenvalue weighted by Crippen LogP contribution is -2.83. The number of methoxy groups -OCH3 is 2. The molecule has 1 aromatic carbocycles. The fourth-order valence-corrected chi connectivity index (χ4v) is 4.15. The molecule has 1 aromatic heterocycles. The zero-order valence-electron chi connectivity index (χ0n) is 24.1. The number of alkyl halides is 2. The molecule has 0 saturated heterocycles. The predicted octanol–water partition coefficient (Wildman–Crippen LogP) is 0.956. The van der Waals surface area contributed by atoms with Crippen molar-refractivity contribution in [1.82, 2.24) is 4.98 Å². The fraction of sp³-hybridized carbons (Fsp3) is 0.464. The summed E-state index contributed by atoms with van der Waals surface area (Å²) in [5.41, 5.74) is 0.0174. The van der Waals surface area contributed by atoms with Gasteiger partial charge < -0.3 is 34.3 Å². The van der Waals surface area contributed by atoms with Crippen LogP contribution in [0.3, 0.4) is 0 Å². The minimum absolute atomic E-state index is 0.0153. The van der Waals surface area contributed by atoms with E-state index in [0.29, 0.717) is 13.1 Å².